The Morgan fingerprint density at radius 2 is 0.975 bits per heavy atom. The Morgan fingerprint density at radius 1 is 0.475 bits per heavy atom. The van der Waals surface area contributed by atoms with E-state index in [2.05, 4.69) is 109 Å². The summed E-state index contributed by atoms with van der Waals surface area (Å²) in [5.74, 6) is 0.260. The van der Waals surface area contributed by atoms with E-state index in [-0.39, 0.29) is 5.92 Å². The van der Waals surface area contributed by atoms with E-state index in [0.29, 0.717) is 0 Å². The van der Waals surface area contributed by atoms with Gasteiger partial charge in [-0.3, -0.25) is 4.99 Å². The van der Waals surface area contributed by atoms with Gasteiger partial charge in [-0.15, -0.1) is 0 Å². The molecule has 0 N–H and O–H groups in total. The third-order valence-corrected chi connectivity index (χ3v) is 7.05. The molecule has 6 rings (SSSR count). The molecule has 5 aromatic carbocycles. The van der Waals surface area contributed by atoms with Gasteiger partial charge in [0.1, 0.15) is 0 Å². The molecular weight excluding hydrogens is 484 g/mol. The summed E-state index contributed by atoms with van der Waals surface area (Å²) in [6.07, 6.45) is 9.65. The van der Waals surface area contributed by atoms with E-state index in [0.717, 1.165) is 45.9 Å². The zero-order chi connectivity index (χ0) is 27.0. The first-order valence-electron chi connectivity index (χ1n) is 13.7. The van der Waals surface area contributed by atoms with Crippen LogP contribution in [0.1, 0.15) is 23.1 Å². The van der Waals surface area contributed by atoms with Gasteiger partial charge in [0.2, 0.25) is 0 Å². The van der Waals surface area contributed by atoms with Crippen LogP contribution in [0, 0.1) is 5.92 Å². The largest absolute Gasteiger partial charge is 0.252 e. The topological polar surface area (TPSA) is 24.7 Å². The van der Waals surface area contributed by atoms with Gasteiger partial charge < -0.3 is 0 Å². The number of hydrogen-bond donors (Lipinski definition) is 0. The molecule has 0 aromatic heterocycles. The molecular formula is C38H30N2. The van der Waals surface area contributed by atoms with Crippen LogP contribution in [0.25, 0.3) is 11.1 Å². The lowest BCUT2D eigenvalue weighted by molar-refractivity contribution is 0.869. The number of rotatable bonds is 7. The molecule has 5 aromatic rings. The van der Waals surface area contributed by atoms with E-state index in [4.69, 9.17) is 9.98 Å². The van der Waals surface area contributed by atoms with Gasteiger partial charge in [-0.2, -0.15) is 0 Å². The smallest absolute Gasteiger partial charge is 0.0781 e. The van der Waals surface area contributed by atoms with Crippen LogP contribution in [0.2, 0.25) is 0 Å². The van der Waals surface area contributed by atoms with Crippen LogP contribution in [0.15, 0.2) is 174 Å². The van der Waals surface area contributed by atoms with Crippen molar-refractivity contribution in [2.24, 2.45) is 15.9 Å². The fourth-order valence-electron chi connectivity index (χ4n) is 4.96. The van der Waals surface area contributed by atoms with Crippen molar-refractivity contribution in [3.05, 3.63) is 181 Å². The molecule has 0 saturated carbocycles. The number of allylic oxidation sites excluding steroid dienone is 4. The minimum atomic E-state index is 0.260. The van der Waals surface area contributed by atoms with Crippen LogP contribution in [0.5, 0.6) is 0 Å². The van der Waals surface area contributed by atoms with Gasteiger partial charge in [0, 0.05) is 17.0 Å². The molecule has 0 radical (unpaired) electrons. The molecule has 0 bridgehead atoms. The average molecular weight is 515 g/mol. The highest BCUT2D eigenvalue weighted by Crippen LogP contribution is 2.27. The molecule has 0 heterocycles. The van der Waals surface area contributed by atoms with Crippen molar-refractivity contribution in [2.75, 3.05) is 0 Å². The Bertz CT molecular complexity index is 1660. The van der Waals surface area contributed by atoms with Gasteiger partial charge in [-0.05, 0) is 47.4 Å². The highest BCUT2D eigenvalue weighted by Gasteiger charge is 2.16. The third kappa shape index (κ3) is 5.98. The number of benzene rings is 5. The predicted octanol–water partition coefficient (Wildman–Crippen LogP) is 9.78. The standard InChI is InChI=1S/C38H30N2/c1-5-13-31(14-6-1)37(39-35-17-9-3-10-18-35)33-25-21-29(22-26-33)30-23-27-34(28-24-30)38(32-15-7-2-8-16-32)40-36-19-11-4-12-20-36/h1-15,17-28,32H,16H2/b39-37+,40-38+. The summed E-state index contributed by atoms with van der Waals surface area (Å²) in [5, 5.41) is 0. The van der Waals surface area contributed by atoms with Crippen molar-refractivity contribution in [1.82, 2.24) is 0 Å². The second-order valence-corrected chi connectivity index (χ2v) is 9.80. The maximum Gasteiger partial charge on any atom is 0.0781 e. The van der Waals surface area contributed by atoms with Crippen molar-refractivity contribution < 1.29 is 0 Å². The normalized spacial score (nSPS) is 15.2. The number of para-hydroxylation sites is 2. The highest BCUT2D eigenvalue weighted by molar-refractivity contribution is 6.14. The molecule has 192 valence electrons. The SMILES string of the molecule is C1=CCC(/C(=N\c2ccccc2)c2ccc(-c3ccc(/C(=N/c4ccccc4)c4ccccc4)cc3)cc2)C=C1. The van der Waals surface area contributed by atoms with Crippen LogP contribution < -0.4 is 0 Å². The Balaban J connectivity index is 1.30. The first kappa shape index (κ1) is 25.2. The molecule has 0 saturated heterocycles. The lowest BCUT2D eigenvalue weighted by Gasteiger charge is -2.17. The van der Waals surface area contributed by atoms with E-state index in [1.54, 1.807) is 0 Å². The molecule has 40 heavy (non-hydrogen) atoms. The van der Waals surface area contributed by atoms with Crippen molar-refractivity contribution in [1.29, 1.82) is 0 Å². The van der Waals surface area contributed by atoms with Crippen molar-refractivity contribution in [3.63, 3.8) is 0 Å². The van der Waals surface area contributed by atoms with Crippen LogP contribution in [-0.2, 0) is 0 Å². The second kappa shape index (κ2) is 12.2. The molecule has 0 amide bonds. The van der Waals surface area contributed by atoms with Crippen molar-refractivity contribution in [3.8, 4) is 11.1 Å². The molecule has 2 heteroatoms. The van der Waals surface area contributed by atoms with E-state index in [1.165, 1.54) is 11.1 Å². The molecule has 0 fully saturated rings. The molecule has 0 aliphatic heterocycles. The lowest BCUT2D eigenvalue weighted by Crippen LogP contribution is -2.14. The maximum absolute atomic E-state index is 5.07. The zero-order valence-corrected chi connectivity index (χ0v) is 22.3. The monoisotopic (exact) mass is 514 g/mol. The van der Waals surface area contributed by atoms with Crippen LogP contribution in [0.4, 0.5) is 11.4 Å². The molecule has 1 aliphatic rings. The summed E-state index contributed by atoms with van der Waals surface area (Å²) >= 11 is 0. The fourth-order valence-corrected chi connectivity index (χ4v) is 4.96. The van der Waals surface area contributed by atoms with Gasteiger partial charge in [0.25, 0.3) is 0 Å². The molecule has 1 unspecified atom stereocenters. The minimum absolute atomic E-state index is 0.260. The van der Waals surface area contributed by atoms with E-state index in [9.17, 15) is 0 Å². The summed E-state index contributed by atoms with van der Waals surface area (Å²) in [6, 6.07) is 48.2. The van der Waals surface area contributed by atoms with E-state index < -0.39 is 0 Å². The molecule has 1 aliphatic carbocycles. The van der Waals surface area contributed by atoms with Crippen molar-refractivity contribution in [2.45, 2.75) is 6.42 Å². The Hall–Kier alpha value is -5.08. The predicted molar refractivity (Wildman–Crippen MR) is 169 cm³/mol. The third-order valence-electron chi connectivity index (χ3n) is 7.05. The zero-order valence-electron chi connectivity index (χ0n) is 22.3. The summed E-state index contributed by atoms with van der Waals surface area (Å²) in [5.41, 5.74) is 9.66. The maximum atomic E-state index is 5.07. The van der Waals surface area contributed by atoms with Crippen molar-refractivity contribution >= 4 is 22.8 Å². The Morgan fingerprint density at radius 3 is 1.52 bits per heavy atom. The van der Waals surface area contributed by atoms with Gasteiger partial charge in [0.15, 0.2) is 0 Å². The minimum Gasteiger partial charge on any atom is -0.252 e. The van der Waals surface area contributed by atoms with Gasteiger partial charge in [-0.25, -0.2) is 4.99 Å². The Labute approximate surface area is 236 Å². The van der Waals surface area contributed by atoms with E-state index in [1.807, 2.05) is 54.6 Å². The summed E-state index contributed by atoms with van der Waals surface area (Å²) in [6.45, 7) is 0. The van der Waals surface area contributed by atoms with Crippen LogP contribution in [0.3, 0.4) is 0 Å². The summed E-state index contributed by atoms with van der Waals surface area (Å²) in [4.78, 5) is 10.1. The molecule has 1 atom stereocenters. The van der Waals surface area contributed by atoms with Gasteiger partial charge >= 0.3 is 0 Å². The summed E-state index contributed by atoms with van der Waals surface area (Å²) in [7, 11) is 0. The van der Waals surface area contributed by atoms with Crippen LogP contribution in [-0.4, -0.2) is 11.4 Å². The second-order valence-electron chi connectivity index (χ2n) is 9.80. The number of aliphatic imine (C=N–C) groups is 2. The number of nitrogens with zero attached hydrogens (tertiary/aromatic N) is 2. The average Bonchev–Trinajstić information content (AvgIpc) is 3.05. The highest BCUT2D eigenvalue weighted by atomic mass is 14.8. The van der Waals surface area contributed by atoms with E-state index >= 15 is 0 Å². The fraction of sp³-hybridized carbons (Fsp3) is 0.0526. The number of hydrogen-bond acceptors (Lipinski definition) is 2. The lowest BCUT2D eigenvalue weighted by atomic mass is 9.90. The quantitative estimate of drug-likeness (QED) is 0.193. The van der Waals surface area contributed by atoms with Gasteiger partial charge in [-0.1, -0.05) is 140 Å². The first-order chi connectivity index (χ1) is 19.8. The first-order valence-corrected chi connectivity index (χ1v) is 13.7. The Kier molecular flexibility index (Phi) is 7.68. The van der Waals surface area contributed by atoms with Gasteiger partial charge in [0.05, 0.1) is 22.8 Å². The molecule has 2 nitrogen and oxygen atoms in total. The molecule has 0 spiro atoms. The van der Waals surface area contributed by atoms with Crippen LogP contribution >= 0.6 is 0 Å². The summed E-state index contributed by atoms with van der Waals surface area (Å²) < 4.78 is 0.